The van der Waals surface area contributed by atoms with Crippen LogP contribution in [0.15, 0.2) is 24.3 Å². The summed E-state index contributed by atoms with van der Waals surface area (Å²) in [6, 6.07) is 9.73. The van der Waals surface area contributed by atoms with E-state index in [9.17, 15) is 0 Å². The van der Waals surface area contributed by atoms with Crippen molar-refractivity contribution < 1.29 is 14.2 Å². The van der Waals surface area contributed by atoms with Gasteiger partial charge in [-0.05, 0) is 19.1 Å². The number of benzene rings is 1. The van der Waals surface area contributed by atoms with Crippen molar-refractivity contribution in [2.24, 2.45) is 0 Å². The van der Waals surface area contributed by atoms with Crippen molar-refractivity contribution in [1.82, 2.24) is 0 Å². The van der Waals surface area contributed by atoms with Gasteiger partial charge in [0.25, 0.3) is 0 Å². The standard InChI is InChI=1S/C13H15NO3/c1-2-15-11-5-3-4-10(8-11)13-16-9-12(17-13)6-7-14/h3-5,8,12-13H,2,6,9H2,1H3. The maximum absolute atomic E-state index is 8.59. The normalized spacial score (nSPS) is 23.3. The van der Waals surface area contributed by atoms with Gasteiger partial charge in [-0.2, -0.15) is 5.26 Å². The molecule has 0 radical (unpaired) electrons. The van der Waals surface area contributed by atoms with Crippen molar-refractivity contribution in [2.45, 2.75) is 25.7 Å². The smallest absolute Gasteiger partial charge is 0.184 e. The Kier molecular flexibility index (Phi) is 3.97. The Hall–Kier alpha value is -1.57. The zero-order valence-electron chi connectivity index (χ0n) is 9.76. The number of nitriles is 1. The summed E-state index contributed by atoms with van der Waals surface area (Å²) in [7, 11) is 0. The van der Waals surface area contributed by atoms with Gasteiger partial charge < -0.3 is 14.2 Å². The molecule has 1 aromatic rings. The number of nitrogens with zero attached hydrogens (tertiary/aromatic N) is 1. The van der Waals surface area contributed by atoms with Gasteiger partial charge in [-0.3, -0.25) is 0 Å². The second-order valence-electron chi connectivity index (χ2n) is 3.79. The zero-order valence-corrected chi connectivity index (χ0v) is 9.76. The topological polar surface area (TPSA) is 51.5 Å². The summed E-state index contributed by atoms with van der Waals surface area (Å²) in [5.74, 6) is 0.806. The molecule has 0 amide bonds. The molecule has 0 bridgehead atoms. The lowest BCUT2D eigenvalue weighted by molar-refractivity contribution is -0.0593. The van der Waals surface area contributed by atoms with Crippen molar-refractivity contribution in [2.75, 3.05) is 13.2 Å². The van der Waals surface area contributed by atoms with Crippen LogP contribution in [0.2, 0.25) is 0 Å². The highest BCUT2D eigenvalue weighted by Gasteiger charge is 2.27. The van der Waals surface area contributed by atoms with Gasteiger partial charge in [-0.1, -0.05) is 12.1 Å². The number of hydrogen-bond donors (Lipinski definition) is 0. The molecular formula is C13H15NO3. The monoisotopic (exact) mass is 233 g/mol. The molecule has 0 aromatic heterocycles. The van der Waals surface area contributed by atoms with E-state index in [4.69, 9.17) is 19.5 Å². The largest absolute Gasteiger partial charge is 0.494 e. The minimum Gasteiger partial charge on any atom is -0.494 e. The lowest BCUT2D eigenvalue weighted by Crippen LogP contribution is -2.08. The van der Waals surface area contributed by atoms with Crippen molar-refractivity contribution in [3.05, 3.63) is 29.8 Å². The third-order valence-electron chi connectivity index (χ3n) is 2.51. The number of rotatable bonds is 4. The van der Waals surface area contributed by atoms with Gasteiger partial charge in [0.1, 0.15) is 5.75 Å². The third-order valence-corrected chi connectivity index (χ3v) is 2.51. The predicted octanol–water partition coefficient (Wildman–Crippen LogP) is 2.41. The van der Waals surface area contributed by atoms with Gasteiger partial charge in [-0.25, -0.2) is 0 Å². The second kappa shape index (κ2) is 5.67. The minimum absolute atomic E-state index is 0.124. The van der Waals surface area contributed by atoms with Crippen LogP contribution in [0.1, 0.15) is 25.2 Å². The second-order valence-corrected chi connectivity index (χ2v) is 3.79. The van der Waals surface area contributed by atoms with E-state index in [0.717, 1.165) is 11.3 Å². The fraction of sp³-hybridized carbons (Fsp3) is 0.462. The Bertz CT molecular complexity index is 413. The average molecular weight is 233 g/mol. The fourth-order valence-electron chi connectivity index (χ4n) is 1.75. The summed E-state index contributed by atoms with van der Waals surface area (Å²) >= 11 is 0. The SMILES string of the molecule is CCOc1cccc(C2OCC(CC#N)O2)c1. The Balaban J connectivity index is 2.03. The van der Waals surface area contributed by atoms with Crippen LogP contribution in [-0.2, 0) is 9.47 Å². The molecule has 0 saturated carbocycles. The van der Waals surface area contributed by atoms with Crippen LogP contribution in [0.3, 0.4) is 0 Å². The molecule has 0 aliphatic carbocycles. The van der Waals surface area contributed by atoms with E-state index in [1.807, 2.05) is 31.2 Å². The molecule has 0 N–H and O–H groups in total. The van der Waals surface area contributed by atoms with Crippen molar-refractivity contribution >= 4 is 0 Å². The van der Waals surface area contributed by atoms with Gasteiger partial charge in [0.05, 0.1) is 31.8 Å². The lowest BCUT2D eigenvalue weighted by Gasteiger charge is -2.12. The summed E-state index contributed by atoms with van der Waals surface area (Å²) in [6.45, 7) is 3.04. The Labute approximate surface area is 101 Å². The summed E-state index contributed by atoms with van der Waals surface area (Å²) in [4.78, 5) is 0. The summed E-state index contributed by atoms with van der Waals surface area (Å²) in [6.07, 6.45) is -0.142. The molecule has 2 rings (SSSR count). The van der Waals surface area contributed by atoms with Crippen molar-refractivity contribution in [3.63, 3.8) is 0 Å². The highest BCUT2D eigenvalue weighted by Crippen LogP contribution is 2.29. The maximum Gasteiger partial charge on any atom is 0.184 e. The van der Waals surface area contributed by atoms with Gasteiger partial charge in [0.15, 0.2) is 6.29 Å². The quantitative estimate of drug-likeness (QED) is 0.801. The van der Waals surface area contributed by atoms with Crippen LogP contribution in [0.4, 0.5) is 0 Å². The lowest BCUT2D eigenvalue weighted by atomic mass is 10.2. The van der Waals surface area contributed by atoms with Crippen LogP contribution < -0.4 is 4.74 Å². The molecule has 1 heterocycles. The Morgan fingerprint density at radius 2 is 2.41 bits per heavy atom. The van der Waals surface area contributed by atoms with Gasteiger partial charge in [0, 0.05) is 5.56 Å². The zero-order chi connectivity index (χ0) is 12.1. The molecule has 2 atom stereocenters. The Morgan fingerprint density at radius 1 is 1.53 bits per heavy atom. The van der Waals surface area contributed by atoms with Gasteiger partial charge >= 0.3 is 0 Å². The van der Waals surface area contributed by atoms with E-state index in [0.29, 0.717) is 19.6 Å². The molecular weight excluding hydrogens is 218 g/mol. The fourth-order valence-corrected chi connectivity index (χ4v) is 1.75. The Morgan fingerprint density at radius 3 is 3.18 bits per heavy atom. The number of ether oxygens (including phenoxy) is 3. The molecule has 1 aliphatic rings. The first-order chi connectivity index (χ1) is 8.33. The van der Waals surface area contributed by atoms with Crippen LogP contribution in [0, 0.1) is 11.3 Å². The molecule has 4 nitrogen and oxygen atoms in total. The third kappa shape index (κ3) is 2.96. The molecule has 1 aromatic carbocycles. The molecule has 2 unspecified atom stereocenters. The van der Waals surface area contributed by atoms with E-state index < -0.39 is 0 Å². The van der Waals surface area contributed by atoms with Crippen LogP contribution in [0.25, 0.3) is 0 Å². The van der Waals surface area contributed by atoms with Gasteiger partial charge in [0.2, 0.25) is 0 Å². The summed E-state index contributed by atoms with van der Waals surface area (Å²) in [5, 5.41) is 8.59. The van der Waals surface area contributed by atoms with E-state index in [-0.39, 0.29) is 12.4 Å². The molecule has 1 saturated heterocycles. The van der Waals surface area contributed by atoms with E-state index in [1.54, 1.807) is 0 Å². The highest BCUT2D eigenvalue weighted by molar-refractivity contribution is 5.29. The van der Waals surface area contributed by atoms with Crippen LogP contribution in [0.5, 0.6) is 5.75 Å². The molecule has 1 aliphatic heterocycles. The first-order valence-corrected chi connectivity index (χ1v) is 5.70. The molecule has 0 spiro atoms. The first-order valence-electron chi connectivity index (χ1n) is 5.70. The summed E-state index contributed by atoms with van der Waals surface area (Å²) in [5.41, 5.74) is 0.927. The highest BCUT2D eigenvalue weighted by atomic mass is 16.7. The minimum atomic E-state index is -0.381. The molecule has 17 heavy (non-hydrogen) atoms. The van der Waals surface area contributed by atoms with Crippen molar-refractivity contribution in [1.29, 1.82) is 5.26 Å². The summed E-state index contributed by atoms with van der Waals surface area (Å²) < 4.78 is 16.5. The van der Waals surface area contributed by atoms with E-state index >= 15 is 0 Å². The molecule has 4 heteroatoms. The van der Waals surface area contributed by atoms with E-state index in [1.165, 1.54) is 0 Å². The van der Waals surface area contributed by atoms with Crippen LogP contribution >= 0.6 is 0 Å². The van der Waals surface area contributed by atoms with E-state index in [2.05, 4.69) is 6.07 Å². The van der Waals surface area contributed by atoms with Crippen molar-refractivity contribution in [3.8, 4) is 11.8 Å². The average Bonchev–Trinajstić information content (AvgIpc) is 2.79. The van der Waals surface area contributed by atoms with Crippen LogP contribution in [-0.4, -0.2) is 19.3 Å². The molecule has 1 fully saturated rings. The number of hydrogen-bond acceptors (Lipinski definition) is 4. The first kappa shape index (κ1) is 11.9. The molecule has 90 valence electrons. The predicted molar refractivity (Wildman–Crippen MR) is 61.4 cm³/mol. The van der Waals surface area contributed by atoms with Gasteiger partial charge in [-0.15, -0.1) is 0 Å². The maximum atomic E-state index is 8.59.